The fourth-order valence-corrected chi connectivity index (χ4v) is 4.36. The summed E-state index contributed by atoms with van der Waals surface area (Å²) in [5.41, 5.74) is 7.45. The molecule has 0 radical (unpaired) electrons. The monoisotopic (exact) mass is 365 g/mol. The number of aliphatic imine (C=N–C) groups is 2. The van der Waals surface area contributed by atoms with Gasteiger partial charge in [-0.15, -0.1) is 0 Å². The molecule has 138 valence electrons. The summed E-state index contributed by atoms with van der Waals surface area (Å²) in [6, 6.07) is 27.9. The number of nitrogens with zero attached hydrogens (tertiary/aromatic N) is 2. The first-order chi connectivity index (χ1) is 13.8. The van der Waals surface area contributed by atoms with Crippen LogP contribution >= 0.6 is 0 Å². The summed E-state index contributed by atoms with van der Waals surface area (Å²) in [5.74, 6) is 1.48. The van der Waals surface area contributed by atoms with Crippen LogP contribution in [0.25, 0.3) is 0 Å². The Kier molecular flexibility index (Phi) is 4.28. The SMILES string of the molecule is Cc1cccc(NC2=NCC3CC(c4ccccc4)c4ccccc4C3=N2)c1. The Hall–Kier alpha value is -3.20. The van der Waals surface area contributed by atoms with Gasteiger partial charge in [0.05, 0.1) is 12.3 Å². The zero-order valence-corrected chi connectivity index (χ0v) is 16.0. The van der Waals surface area contributed by atoms with E-state index < -0.39 is 0 Å². The Morgan fingerprint density at radius 3 is 2.57 bits per heavy atom. The Balaban J connectivity index is 1.51. The molecule has 3 aromatic rings. The van der Waals surface area contributed by atoms with Gasteiger partial charge >= 0.3 is 0 Å². The predicted octanol–water partition coefficient (Wildman–Crippen LogP) is 5.42. The van der Waals surface area contributed by atoms with Crippen molar-refractivity contribution in [1.29, 1.82) is 0 Å². The fraction of sp³-hybridized carbons (Fsp3) is 0.200. The third kappa shape index (κ3) is 3.13. The van der Waals surface area contributed by atoms with Gasteiger partial charge in [-0.05, 0) is 42.2 Å². The van der Waals surface area contributed by atoms with Gasteiger partial charge in [0, 0.05) is 23.1 Å². The minimum absolute atomic E-state index is 0.364. The standard InChI is InChI=1S/C25H23N3/c1-17-8-7-11-20(14-17)27-25-26-16-19-15-23(18-9-3-2-4-10-18)21-12-5-6-13-22(21)24(19)28-25/h2-14,19,23H,15-16H2,1H3,(H,26,27). The minimum Gasteiger partial charge on any atom is -0.324 e. The van der Waals surface area contributed by atoms with E-state index in [0.717, 1.165) is 18.7 Å². The normalized spacial score (nSPS) is 20.5. The van der Waals surface area contributed by atoms with Crippen LogP contribution in [0.2, 0.25) is 0 Å². The first-order valence-corrected chi connectivity index (χ1v) is 9.89. The summed E-state index contributed by atoms with van der Waals surface area (Å²) in [6.45, 7) is 2.88. The van der Waals surface area contributed by atoms with Crippen molar-refractivity contribution in [2.75, 3.05) is 11.9 Å². The molecule has 0 fully saturated rings. The van der Waals surface area contributed by atoms with Gasteiger partial charge in [0.25, 0.3) is 0 Å². The first kappa shape index (κ1) is 16.9. The van der Waals surface area contributed by atoms with Gasteiger partial charge in [0.15, 0.2) is 0 Å². The predicted molar refractivity (Wildman–Crippen MR) is 116 cm³/mol. The summed E-state index contributed by atoms with van der Waals surface area (Å²) in [6.07, 6.45) is 1.06. The quantitative estimate of drug-likeness (QED) is 0.647. The third-order valence-electron chi connectivity index (χ3n) is 5.68. The van der Waals surface area contributed by atoms with Gasteiger partial charge in [-0.3, -0.25) is 4.99 Å². The number of benzene rings is 3. The third-order valence-corrected chi connectivity index (χ3v) is 5.68. The van der Waals surface area contributed by atoms with E-state index in [1.165, 1.54) is 28.0 Å². The number of fused-ring (bicyclic) bond motifs is 3. The molecule has 0 saturated heterocycles. The summed E-state index contributed by atoms with van der Waals surface area (Å²) >= 11 is 0. The highest BCUT2D eigenvalue weighted by atomic mass is 15.1. The van der Waals surface area contributed by atoms with Crippen LogP contribution in [0.5, 0.6) is 0 Å². The molecule has 0 spiro atoms. The fourth-order valence-electron chi connectivity index (χ4n) is 4.36. The number of hydrogen-bond donors (Lipinski definition) is 1. The lowest BCUT2D eigenvalue weighted by Gasteiger charge is -2.34. The van der Waals surface area contributed by atoms with Crippen molar-refractivity contribution in [3.05, 3.63) is 101 Å². The molecule has 2 unspecified atom stereocenters. The molecule has 3 nitrogen and oxygen atoms in total. The lowest BCUT2D eigenvalue weighted by atomic mass is 9.72. The van der Waals surface area contributed by atoms with Crippen molar-refractivity contribution < 1.29 is 0 Å². The van der Waals surface area contributed by atoms with E-state index in [1.807, 2.05) is 0 Å². The van der Waals surface area contributed by atoms with E-state index in [4.69, 9.17) is 9.98 Å². The van der Waals surface area contributed by atoms with Crippen molar-refractivity contribution in [2.24, 2.45) is 15.9 Å². The highest BCUT2D eigenvalue weighted by Crippen LogP contribution is 2.40. The lowest BCUT2D eigenvalue weighted by molar-refractivity contribution is 0.564. The Labute approximate surface area is 165 Å². The van der Waals surface area contributed by atoms with Crippen molar-refractivity contribution in [2.45, 2.75) is 19.3 Å². The molecule has 0 bridgehead atoms. The molecule has 5 rings (SSSR count). The van der Waals surface area contributed by atoms with Gasteiger partial charge in [0.1, 0.15) is 0 Å². The van der Waals surface area contributed by atoms with Gasteiger partial charge in [-0.25, -0.2) is 4.99 Å². The molecular formula is C25H23N3. The Morgan fingerprint density at radius 1 is 0.893 bits per heavy atom. The molecule has 3 heteroatoms. The largest absolute Gasteiger partial charge is 0.324 e. The number of guanidine groups is 1. The summed E-state index contributed by atoms with van der Waals surface area (Å²) < 4.78 is 0. The van der Waals surface area contributed by atoms with Crippen LogP contribution in [-0.4, -0.2) is 18.2 Å². The maximum atomic E-state index is 4.95. The van der Waals surface area contributed by atoms with Crippen LogP contribution < -0.4 is 5.32 Å². The second-order valence-corrected chi connectivity index (χ2v) is 7.64. The van der Waals surface area contributed by atoms with Crippen LogP contribution in [-0.2, 0) is 0 Å². The van der Waals surface area contributed by atoms with Crippen molar-refractivity contribution in [3.63, 3.8) is 0 Å². The topological polar surface area (TPSA) is 36.8 Å². The van der Waals surface area contributed by atoms with E-state index >= 15 is 0 Å². The second-order valence-electron chi connectivity index (χ2n) is 7.64. The van der Waals surface area contributed by atoms with E-state index in [9.17, 15) is 0 Å². The van der Waals surface area contributed by atoms with Crippen LogP contribution in [0.4, 0.5) is 5.69 Å². The van der Waals surface area contributed by atoms with Crippen LogP contribution in [0.15, 0.2) is 88.8 Å². The van der Waals surface area contributed by atoms with Gasteiger partial charge < -0.3 is 5.32 Å². The van der Waals surface area contributed by atoms with E-state index in [2.05, 4.69) is 91.1 Å². The van der Waals surface area contributed by atoms with Crippen molar-refractivity contribution >= 4 is 17.4 Å². The molecule has 2 aliphatic rings. The first-order valence-electron chi connectivity index (χ1n) is 9.89. The highest BCUT2D eigenvalue weighted by molar-refractivity contribution is 6.14. The zero-order valence-electron chi connectivity index (χ0n) is 16.0. The molecule has 1 N–H and O–H groups in total. The second kappa shape index (κ2) is 7.08. The summed E-state index contributed by atoms with van der Waals surface area (Å²) in [5, 5.41) is 3.39. The number of nitrogens with one attached hydrogen (secondary N) is 1. The van der Waals surface area contributed by atoms with Crippen LogP contribution in [0.3, 0.4) is 0 Å². The number of aryl methyl sites for hydroxylation is 1. The molecule has 1 aliphatic carbocycles. The number of rotatable bonds is 2. The molecule has 0 amide bonds. The molecule has 3 aromatic carbocycles. The van der Waals surface area contributed by atoms with Gasteiger partial charge in [-0.2, -0.15) is 0 Å². The molecule has 2 atom stereocenters. The smallest absolute Gasteiger partial charge is 0.222 e. The van der Waals surface area contributed by atoms with E-state index in [1.54, 1.807) is 0 Å². The van der Waals surface area contributed by atoms with Gasteiger partial charge in [0.2, 0.25) is 5.96 Å². The average Bonchev–Trinajstić information content (AvgIpc) is 2.74. The highest BCUT2D eigenvalue weighted by Gasteiger charge is 2.34. The maximum absolute atomic E-state index is 4.95. The minimum atomic E-state index is 0.364. The zero-order chi connectivity index (χ0) is 18.9. The maximum Gasteiger partial charge on any atom is 0.222 e. The molecular weight excluding hydrogens is 342 g/mol. The number of anilines is 1. The van der Waals surface area contributed by atoms with Crippen molar-refractivity contribution in [3.8, 4) is 0 Å². The summed E-state index contributed by atoms with van der Waals surface area (Å²) in [4.78, 5) is 9.71. The Morgan fingerprint density at radius 2 is 1.71 bits per heavy atom. The lowest BCUT2D eigenvalue weighted by Crippen LogP contribution is -2.33. The molecule has 1 heterocycles. The molecule has 28 heavy (non-hydrogen) atoms. The number of hydrogen-bond acceptors (Lipinski definition) is 3. The van der Waals surface area contributed by atoms with Crippen molar-refractivity contribution in [1.82, 2.24) is 0 Å². The van der Waals surface area contributed by atoms with E-state index in [0.29, 0.717) is 17.8 Å². The average molecular weight is 365 g/mol. The van der Waals surface area contributed by atoms with E-state index in [-0.39, 0.29) is 0 Å². The summed E-state index contributed by atoms with van der Waals surface area (Å²) in [7, 11) is 0. The Bertz CT molecular complexity index is 1070. The molecule has 1 aliphatic heterocycles. The molecule has 0 saturated carbocycles. The van der Waals surface area contributed by atoms with Gasteiger partial charge in [-0.1, -0.05) is 66.7 Å². The molecule has 0 aromatic heterocycles. The van der Waals surface area contributed by atoms with Crippen LogP contribution in [0.1, 0.15) is 34.6 Å². The van der Waals surface area contributed by atoms with Crippen LogP contribution in [0, 0.1) is 12.8 Å².